The number of nitrogens with one attached hydrogen (secondary N) is 1. The summed E-state index contributed by atoms with van der Waals surface area (Å²) in [6.07, 6.45) is 0.0286. The molecule has 0 spiro atoms. The van der Waals surface area contributed by atoms with Gasteiger partial charge in [-0.1, -0.05) is 43.3 Å². The van der Waals surface area contributed by atoms with E-state index in [9.17, 15) is 14.9 Å². The predicted molar refractivity (Wildman–Crippen MR) is 157 cm³/mol. The molecule has 3 aromatic rings. The third-order valence-corrected chi connectivity index (χ3v) is 8.05. The maximum Gasteiger partial charge on any atom is 0.258 e. The van der Waals surface area contributed by atoms with Crippen molar-refractivity contribution in [1.29, 1.82) is 5.26 Å². The number of ether oxygens (including phenoxy) is 1. The van der Waals surface area contributed by atoms with E-state index in [2.05, 4.69) is 40.2 Å². The maximum atomic E-state index is 13.4. The van der Waals surface area contributed by atoms with E-state index in [1.54, 1.807) is 11.0 Å². The van der Waals surface area contributed by atoms with Crippen molar-refractivity contribution in [3.05, 3.63) is 89.0 Å². The number of carbonyl (C=O) groups is 2. The van der Waals surface area contributed by atoms with Crippen LogP contribution >= 0.6 is 0 Å². The number of carbonyl (C=O) groups excluding carboxylic acids is 2. The molecule has 8 heteroatoms. The molecule has 0 saturated carbocycles. The number of methoxy groups -OCH3 is 1. The molecule has 3 unspecified atom stereocenters. The molecule has 40 heavy (non-hydrogen) atoms. The van der Waals surface area contributed by atoms with Crippen LogP contribution in [0.4, 0.5) is 17.1 Å². The summed E-state index contributed by atoms with van der Waals surface area (Å²) in [4.78, 5) is 32.3. The topological polar surface area (TPSA) is 88.9 Å². The van der Waals surface area contributed by atoms with Crippen molar-refractivity contribution in [2.45, 2.75) is 38.5 Å². The molecule has 5 rings (SSSR count). The summed E-state index contributed by atoms with van der Waals surface area (Å²) in [5.41, 5.74) is 5.72. The summed E-state index contributed by atoms with van der Waals surface area (Å²) >= 11 is 0. The van der Waals surface area contributed by atoms with Gasteiger partial charge in [0.15, 0.2) is 0 Å². The van der Waals surface area contributed by atoms with Gasteiger partial charge in [-0.15, -0.1) is 0 Å². The van der Waals surface area contributed by atoms with Gasteiger partial charge in [0.25, 0.3) is 11.8 Å². The van der Waals surface area contributed by atoms with Gasteiger partial charge in [0, 0.05) is 56.8 Å². The van der Waals surface area contributed by atoms with Crippen LogP contribution < -0.4 is 15.1 Å². The lowest BCUT2D eigenvalue weighted by molar-refractivity contribution is -0.125. The SMILES string of the molecule is CCC(OC)C(=O)Nc1ccc(N2CCN(C3c4ccccc4C(=O)N(C)c4ccccc43)CC2C)c(C#N)c1. The van der Waals surface area contributed by atoms with Crippen LogP contribution in [0.1, 0.15) is 53.4 Å². The fourth-order valence-corrected chi connectivity index (χ4v) is 6.02. The minimum Gasteiger partial charge on any atom is -0.372 e. The summed E-state index contributed by atoms with van der Waals surface area (Å²) in [5.74, 6) is -0.226. The van der Waals surface area contributed by atoms with Gasteiger partial charge in [-0.05, 0) is 54.8 Å². The van der Waals surface area contributed by atoms with Crippen molar-refractivity contribution in [2.24, 2.45) is 0 Å². The first-order chi connectivity index (χ1) is 19.4. The fourth-order valence-electron chi connectivity index (χ4n) is 6.02. The largest absolute Gasteiger partial charge is 0.372 e. The molecule has 8 nitrogen and oxygen atoms in total. The molecular weight excluding hydrogens is 502 g/mol. The minimum atomic E-state index is -0.535. The number of piperazine rings is 1. The van der Waals surface area contributed by atoms with Gasteiger partial charge in [0.2, 0.25) is 0 Å². The zero-order valence-corrected chi connectivity index (χ0v) is 23.4. The van der Waals surface area contributed by atoms with Gasteiger partial charge in [0.05, 0.1) is 17.3 Å². The molecule has 2 aliphatic rings. The van der Waals surface area contributed by atoms with Crippen molar-refractivity contribution in [3.8, 4) is 6.07 Å². The highest BCUT2D eigenvalue weighted by Crippen LogP contribution is 2.41. The first-order valence-corrected chi connectivity index (χ1v) is 13.7. The molecule has 1 saturated heterocycles. The normalized spacial score (nSPS) is 19.7. The first kappa shape index (κ1) is 27.4. The van der Waals surface area contributed by atoms with Crippen molar-refractivity contribution in [1.82, 2.24) is 4.90 Å². The zero-order valence-electron chi connectivity index (χ0n) is 23.4. The standard InChI is InChI=1S/C32H35N5O3/c1-5-29(40-4)31(38)34-23-14-15-27(22(18-23)19-33)37-17-16-36(20-21(37)2)30-24-10-6-7-11-25(24)32(39)35(3)28-13-9-8-12-26(28)30/h6-15,18,21,29-30H,5,16-17,20H2,1-4H3,(H,34,38). The van der Waals surface area contributed by atoms with E-state index >= 15 is 0 Å². The van der Waals surface area contributed by atoms with Crippen molar-refractivity contribution in [3.63, 3.8) is 0 Å². The molecule has 0 radical (unpaired) electrons. The third kappa shape index (κ3) is 4.94. The molecule has 3 atom stereocenters. The lowest BCUT2D eigenvalue weighted by Gasteiger charge is -2.45. The quantitative estimate of drug-likeness (QED) is 0.486. The number of rotatable bonds is 6. The zero-order chi connectivity index (χ0) is 28.4. The molecule has 0 aliphatic carbocycles. The minimum absolute atomic E-state index is 0.00108. The average Bonchev–Trinajstić information content (AvgIpc) is 3.06. The molecule has 1 fully saturated rings. The number of benzene rings is 3. The Hall–Kier alpha value is -4.19. The maximum absolute atomic E-state index is 13.4. The third-order valence-electron chi connectivity index (χ3n) is 8.05. The lowest BCUT2D eigenvalue weighted by Crippen LogP contribution is -2.53. The Labute approximate surface area is 235 Å². The van der Waals surface area contributed by atoms with Crippen molar-refractivity contribution in [2.75, 3.05) is 48.9 Å². The van der Waals surface area contributed by atoms with E-state index in [0.717, 1.165) is 41.2 Å². The Kier molecular flexibility index (Phi) is 7.88. The smallest absolute Gasteiger partial charge is 0.258 e. The van der Waals surface area contributed by atoms with E-state index in [0.29, 0.717) is 24.2 Å². The van der Waals surface area contributed by atoms with E-state index in [4.69, 9.17) is 4.74 Å². The van der Waals surface area contributed by atoms with Crippen LogP contribution in [0.15, 0.2) is 66.7 Å². The second-order valence-electron chi connectivity index (χ2n) is 10.4. The van der Waals surface area contributed by atoms with Crippen LogP contribution in [-0.2, 0) is 9.53 Å². The Balaban J connectivity index is 1.42. The van der Waals surface area contributed by atoms with Gasteiger partial charge in [0.1, 0.15) is 12.2 Å². The number of amides is 2. The van der Waals surface area contributed by atoms with Crippen molar-refractivity contribution < 1.29 is 14.3 Å². The number of anilines is 3. The summed E-state index contributed by atoms with van der Waals surface area (Å²) in [7, 11) is 3.36. The lowest BCUT2D eigenvalue weighted by atomic mass is 9.92. The number of nitriles is 1. The highest BCUT2D eigenvalue weighted by molar-refractivity contribution is 6.08. The van der Waals surface area contributed by atoms with E-state index in [1.165, 1.54) is 7.11 Å². The van der Waals surface area contributed by atoms with Crippen molar-refractivity contribution >= 4 is 28.9 Å². The highest BCUT2D eigenvalue weighted by Gasteiger charge is 2.37. The van der Waals surface area contributed by atoms with Crippen LogP contribution in [0.25, 0.3) is 0 Å². The van der Waals surface area contributed by atoms with E-state index in [1.807, 2.05) is 62.5 Å². The molecule has 206 valence electrons. The summed E-state index contributed by atoms with van der Waals surface area (Å²) in [6.45, 7) is 6.28. The number of fused-ring (bicyclic) bond motifs is 2. The fraction of sp³-hybridized carbons (Fsp3) is 0.344. The molecule has 0 bridgehead atoms. The summed E-state index contributed by atoms with van der Waals surface area (Å²) in [5, 5.41) is 12.9. The van der Waals surface area contributed by atoms with Gasteiger partial charge in [-0.3, -0.25) is 14.5 Å². The van der Waals surface area contributed by atoms with Gasteiger partial charge < -0.3 is 19.9 Å². The van der Waals surface area contributed by atoms with Gasteiger partial charge >= 0.3 is 0 Å². The Bertz CT molecular complexity index is 1460. The molecular formula is C32H35N5O3. The first-order valence-electron chi connectivity index (χ1n) is 13.7. The number of hydrogen-bond donors (Lipinski definition) is 1. The predicted octanol–water partition coefficient (Wildman–Crippen LogP) is 4.81. The molecule has 2 amide bonds. The van der Waals surface area contributed by atoms with E-state index < -0.39 is 6.10 Å². The molecule has 0 aromatic heterocycles. The Morgan fingerprint density at radius 3 is 2.50 bits per heavy atom. The average molecular weight is 538 g/mol. The summed E-state index contributed by atoms with van der Waals surface area (Å²) < 4.78 is 5.24. The van der Waals surface area contributed by atoms with Crippen LogP contribution in [0.2, 0.25) is 0 Å². The highest BCUT2D eigenvalue weighted by atomic mass is 16.5. The second-order valence-corrected chi connectivity index (χ2v) is 10.4. The van der Waals surface area contributed by atoms with Crippen LogP contribution in [0.5, 0.6) is 0 Å². The number of nitrogens with zero attached hydrogens (tertiary/aromatic N) is 4. The molecule has 3 aromatic carbocycles. The Morgan fingerprint density at radius 2 is 1.80 bits per heavy atom. The Morgan fingerprint density at radius 1 is 1.07 bits per heavy atom. The van der Waals surface area contributed by atoms with Crippen LogP contribution in [0, 0.1) is 11.3 Å². The van der Waals surface area contributed by atoms with Gasteiger partial charge in [-0.2, -0.15) is 5.26 Å². The second kappa shape index (κ2) is 11.5. The molecule has 2 aliphatic heterocycles. The van der Waals surface area contributed by atoms with Crippen LogP contribution in [-0.4, -0.2) is 62.7 Å². The monoisotopic (exact) mass is 537 g/mol. The van der Waals surface area contributed by atoms with Gasteiger partial charge in [-0.25, -0.2) is 0 Å². The molecule has 2 heterocycles. The number of para-hydroxylation sites is 1. The summed E-state index contributed by atoms with van der Waals surface area (Å²) in [6, 6.07) is 23.9. The molecule has 1 N–H and O–H groups in total. The number of hydrogen-bond acceptors (Lipinski definition) is 6. The van der Waals surface area contributed by atoms with E-state index in [-0.39, 0.29) is 23.9 Å². The van der Waals surface area contributed by atoms with Crippen LogP contribution in [0.3, 0.4) is 0 Å².